The molecule has 2 saturated heterocycles. The molecule has 2 fully saturated rings. The Kier molecular flexibility index (Phi) is 5.16. The largest absolute Gasteiger partial charge is 0.341 e. The number of nitrogens with one attached hydrogen (secondary N) is 1. The molecule has 0 aromatic heterocycles. The Hall–Kier alpha value is -0.220. The summed E-state index contributed by atoms with van der Waals surface area (Å²) in [6.07, 6.45) is 4.76. The van der Waals surface area contributed by atoms with Crippen molar-refractivity contribution in [3.8, 4) is 0 Å². The van der Waals surface area contributed by atoms with E-state index in [0.29, 0.717) is 5.91 Å². The molecule has 1 unspecified atom stereocenters. The maximum atomic E-state index is 12.2. The van der Waals surface area contributed by atoms with Gasteiger partial charge in [-0.3, -0.25) is 4.79 Å². The number of amides is 1. The van der Waals surface area contributed by atoms with Crippen LogP contribution in [0.2, 0.25) is 0 Å². The maximum Gasteiger partial charge on any atom is 0.239 e. The van der Waals surface area contributed by atoms with E-state index in [2.05, 4.69) is 28.9 Å². The zero-order valence-corrected chi connectivity index (χ0v) is 11.6. The normalized spacial score (nSPS) is 27.5. The monoisotopic (exact) mass is 256 g/mol. The van der Waals surface area contributed by atoms with Crippen molar-refractivity contribution in [2.75, 3.05) is 31.1 Å². The lowest BCUT2D eigenvalue weighted by Gasteiger charge is -2.35. The Morgan fingerprint density at radius 1 is 1.35 bits per heavy atom. The van der Waals surface area contributed by atoms with E-state index in [4.69, 9.17) is 0 Å². The summed E-state index contributed by atoms with van der Waals surface area (Å²) < 4.78 is 0. The standard InChI is InChI=1S/C13H24N2OS/c1-2-14-12-4-3-7-15(13(12)16)10-11-5-8-17-9-6-11/h11-12,14H,2-10H2,1H3. The first-order valence-electron chi connectivity index (χ1n) is 6.91. The molecule has 0 aliphatic carbocycles. The smallest absolute Gasteiger partial charge is 0.239 e. The molecule has 4 heteroatoms. The van der Waals surface area contributed by atoms with E-state index in [1.165, 1.54) is 24.3 Å². The maximum absolute atomic E-state index is 12.2. The molecule has 0 saturated carbocycles. The minimum atomic E-state index is 0.0896. The van der Waals surface area contributed by atoms with Crippen molar-refractivity contribution in [1.82, 2.24) is 10.2 Å². The Bertz CT molecular complexity index is 252. The highest BCUT2D eigenvalue weighted by molar-refractivity contribution is 7.99. The highest BCUT2D eigenvalue weighted by atomic mass is 32.2. The molecule has 2 aliphatic rings. The molecule has 0 aromatic rings. The highest BCUT2D eigenvalue weighted by Crippen LogP contribution is 2.24. The van der Waals surface area contributed by atoms with Crippen LogP contribution in [0.5, 0.6) is 0 Å². The second-order valence-electron chi connectivity index (χ2n) is 5.09. The fraction of sp³-hybridized carbons (Fsp3) is 0.923. The molecule has 2 heterocycles. The van der Waals surface area contributed by atoms with Gasteiger partial charge in [0, 0.05) is 13.1 Å². The molecule has 0 radical (unpaired) electrons. The van der Waals surface area contributed by atoms with Crippen molar-refractivity contribution in [3.05, 3.63) is 0 Å². The lowest BCUT2D eigenvalue weighted by Crippen LogP contribution is -2.52. The highest BCUT2D eigenvalue weighted by Gasteiger charge is 2.29. The van der Waals surface area contributed by atoms with Crippen LogP contribution in [0.3, 0.4) is 0 Å². The quantitative estimate of drug-likeness (QED) is 0.831. The van der Waals surface area contributed by atoms with Gasteiger partial charge in [0.25, 0.3) is 0 Å². The van der Waals surface area contributed by atoms with Crippen LogP contribution in [0.1, 0.15) is 32.6 Å². The number of rotatable bonds is 4. The van der Waals surface area contributed by atoms with Gasteiger partial charge in [0.05, 0.1) is 6.04 Å². The van der Waals surface area contributed by atoms with Crippen LogP contribution in [0, 0.1) is 5.92 Å². The number of piperidine rings is 1. The summed E-state index contributed by atoms with van der Waals surface area (Å²) in [5, 5.41) is 3.31. The van der Waals surface area contributed by atoms with Crippen LogP contribution < -0.4 is 5.32 Å². The van der Waals surface area contributed by atoms with Crippen LogP contribution >= 0.6 is 11.8 Å². The Morgan fingerprint density at radius 2 is 2.12 bits per heavy atom. The summed E-state index contributed by atoms with van der Waals surface area (Å²) in [6.45, 7) is 4.94. The fourth-order valence-corrected chi connectivity index (χ4v) is 4.00. The van der Waals surface area contributed by atoms with Crippen molar-refractivity contribution in [3.63, 3.8) is 0 Å². The third-order valence-electron chi connectivity index (χ3n) is 3.80. The van der Waals surface area contributed by atoms with Gasteiger partial charge in [-0.15, -0.1) is 0 Å². The Morgan fingerprint density at radius 3 is 2.82 bits per heavy atom. The number of carbonyl (C=O) groups excluding carboxylic acids is 1. The molecule has 0 aromatic carbocycles. The number of carbonyl (C=O) groups is 1. The van der Waals surface area contributed by atoms with Crippen molar-refractivity contribution < 1.29 is 4.79 Å². The van der Waals surface area contributed by atoms with Crippen molar-refractivity contribution >= 4 is 17.7 Å². The molecule has 17 heavy (non-hydrogen) atoms. The van der Waals surface area contributed by atoms with Gasteiger partial charge in [-0.25, -0.2) is 0 Å². The third-order valence-corrected chi connectivity index (χ3v) is 4.85. The first kappa shape index (κ1) is 13.2. The molecular formula is C13H24N2OS. The fourth-order valence-electron chi connectivity index (χ4n) is 2.80. The molecule has 0 spiro atoms. The topological polar surface area (TPSA) is 32.3 Å². The number of likely N-dealkylation sites (tertiary alicyclic amines) is 1. The SMILES string of the molecule is CCNC1CCCN(CC2CCSCC2)C1=O. The van der Waals surface area contributed by atoms with Crippen molar-refractivity contribution in [2.24, 2.45) is 5.92 Å². The average Bonchev–Trinajstić information content (AvgIpc) is 2.36. The van der Waals surface area contributed by atoms with E-state index in [1.807, 2.05) is 0 Å². The second kappa shape index (κ2) is 6.64. The van der Waals surface area contributed by atoms with E-state index in [-0.39, 0.29) is 6.04 Å². The summed E-state index contributed by atoms with van der Waals surface area (Å²) in [7, 11) is 0. The van der Waals surface area contributed by atoms with Crippen LogP contribution in [-0.4, -0.2) is 48.0 Å². The van der Waals surface area contributed by atoms with Crippen LogP contribution in [0.4, 0.5) is 0 Å². The van der Waals surface area contributed by atoms with Gasteiger partial charge in [0.2, 0.25) is 5.91 Å². The zero-order valence-electron chi connectivity index (χ0n) is 10.8. The van der Waals surface area contributed by atoms with Crippen LogP contribution in [0.25, 0.3) is 0 Å². The molecule has 3 nitrogen and oxygen atoms in total. The van der Waals surface area contributed by atoms with E-state index in [1.54, 1.807) is 0 Å². The lowest BCUT2D eigenvalue weighted by molar-refractivity contribution is -0.136. The molecule has 1 atom stereocenters. The van der Waals surface area contributed by atoms with Gasteiger partial charge < -0.3 is 10.2 Å². The Labute approximate surface area is 109 Å². The third kappa shape index (κ3) is 3.62. The summed E-state index contributed by atoms with van der Waals surface area (Å²) >= 11 is 2.05. The number of nitrogens with zero attached hydrogens (tertiary/aromatic N) is 1. The Balaban J connectivity index is 1.84. The predicted molar refractivity (Wildman–Crippen MR) is 73.3 cm³/mol. The second-order valence-corrected chi connectivity index (χ2v) is 6.32. The predicted octanol–water partition coefficient (Wildman–Crippen LogP) is 1.73. The summed E-state index contributed by atoms with van der Waals surface area (Å²) in [5.41, 5.74) is 0. The molecule has 1 N–H and O–H groups in total. The zero-order chi connectivity index (χ0) is 12.1. The van der Waals surface area contributed by atoms with Crippen molar-refractivity contribution in [2.45, 2.75) is 38.6 Å². The number of hydrogen-bond acceptors (Lipinski definition) is 3. The molecular weight excluding hydrogens is 232 g/mol. The first-order chi connectivity index (χ1) is 8.31. The molecule has 0 bridgehead atoms. The van der Waals surface area contributed by atoms with Gasteiger partial charge in [0.1, 0.15) is 0 Å². The van der Waals surface area contributed by atoms with Gasteiger partial charge >= 0.3 is 0 Å². The molecule has 2 aliphatic heterocycles. The number of likely N-dealkylation sites (N-methyl/N-ethyl adjacent to an activating group) is 1. The minimum absolute atomic E-state index is 0.0896. The van der Waals surface area contributed by atoms with Gasteiger partial charge in [-0.05, 0) is 49.7 Å². The summed E-state index contributed by atoms with van der Waals surface area (Å²) in [6, 6.07) is 0.0896. The number of hydrogen-bond donors (Lipinski definition) is 1. The van der Waals surface area contributed by atoms with E-state index >= 15 is 0 Å². The summed E-state index contributed by atoms with van der Waals surface area (Å²) in [5.74, 6) is 3.66. The van der Waals surface area contributed by atoms with E-state index in [0.717, 1.165) is 38.4 Å². The average molecular weight is 256 g/mol. The van der Waals surface area contributed by atoms with E-state index < -0.39 is 0 Å². The summed E-state index contributed by atoms with van der Waals surface area (Å²) in [4.78, 5) is 14.4. The van der Waals surface area contributed by atoms with Gasteiger partial charge in [-0.1, -0.05) is 6.92 Å². The van der Waals surface area contributed by atoms with Gasteiger partial charge in [-0.2, -0.15) is 11.8 Å². The molecule has 2 rings (SSSR count). The molecule has 98 valence electrons. The lowest BCUT2D eigenvalue weighted by atomic mass is 9.98. The first-order valence-corrected chi connectivity index (χ1v) is 8.06. The molecule has 1 amide bonds. The number of thioether (sulfide) groups is 1. The van der Waals surface area contributed by atoms with Gasteiger partial charge in [0.15, 0.2) is 0 Å². The minimum Gasteiger partial charge on any atom is -0.341 e. The van der Waals surface area contributed by atoms with Crippen LogP contribution in [-0.2, 0) is 4.79 Å². The van der Waals surface area contributed by atoms with E-state index in [9.17, 15) is 4.79 Å². The van der Waals surface area contributed by atoms with Crippen LogP contribution in [0.15, 0.2) is 0 Å². The van der Waals surface area contributed by atoms with Crippen molar-refractivity contribution in [1.29, 1.82) is 0 Å².